The molecule has 2 aliphatic rings. The smallest absolute Gasteiger partial charge is 0.308 e. The van der Waals surface area contributed by atoms with E-state index >= 15 is 0 Å². The number of anilines is 1. The summed E-state index contributed by atoms with van der Waals surface area (Å²) in [6.07, 6.45) is 5.47. The lowest BCUT2D eigenvalue weighted by Gasteiger charge is -2.36. The number of aromatic nitrogens is 3. The van der Waals surface area contributed by atoms with Crippen LogP contribution in [0.4, 0.5) is 5.82 Å². The van der Waals surface area contributed by atoms with Crippen LogP contribution >= 0.6 is 0 Å². The number of pyridine rings is 1. The molecule has 0 spiro atoms. The Balaban J connectivity index is 1.76. The minimum absolute atomic E-state index is 0.333. The van der Waals surface area contributed by atoms with Crippen molar-refractivity contribution in [1.82, 2.24) is 15.0 Å². The Morgan fingerprint density at radius 3 is 2.88 bits per heavy atom. The average Bonchev–Trinajstić information content (AvgIpc) is 3.09. The summed E-state index contributed by atoms with van der Waals surface area (Å²) in [6.45, 7) is 3.48. The summed E-state index contributed by atoms with van der Waals surface area (Å²) in [5.74, 6) is 0.837. The van der Waals surface area contributed by atoms with Gasteiger partial charge in [-0.2, -0.15) is 0 Å². The van der Waals surface area contributed by atoms with Gasteiger partial charge in [-0.05, 0) is 43.7 Å². The summed E-state index contributed by atoms with van der Waals surface area (Å²) in [6, 6.07) is 5.73. The quantitative estimate of drug-likeness (QED) is 0.926. The van der Waals surface area contributed by atoms with Crippen molar-refractivity contribution >= 4 is 11.8 Å². The highest BCUT2D eigenvalue weighted by Crippen LogP contribution is 2.34. The maximum Gasteiger partial charge on any atom is 0.308 e. The monoisotopic (exact) mass is 338 g/mol. The standard InChI is InChI=1S/C19H22N4O2/c1-12-9-13(19(24)25)11-23(10-12)18-14-5-4-7-15(14)21-17(22-18)16-6-2-3-8-20-16/h2-3,6,8,12-13H,4-5,7,9-11H2,1H3,(H,24,25). The zero-order chi connectivity index (χ0) is 17.4. The van der Waals surface area contributed by atoms with Crippen molar-refractivity contribution in [3.05, 3.63) is 35.7 Å². The van der Waals surface area contributed by atoms with E-state index in [-0.39, 0.29) is 5.92 Å². The molecule has 130 valence electrons. The van der Waals surface area contributed by atoms with E-state index in [0.29, 0.717) is 18.3 Å². The van der Waals surface area contributed by atoms with Gasteiger partial charge in [0, 0.05) is 30.5 Å². The van der Waals surface area contributed by atoms with Crippen molar-refractivity contribution in [1.29, 1.82) is 0 Å². The first-order valence-electron chi connectivity index (χ1n) is 8.90. The second kappa shape index (κ2) is 6.43. The number of hydrogen-bond acceptors (Lipinski definition) is 5. The molecule has 2 unspecified atom stereocenters. The molecule has 0 saturated carbocycles. The van der Waals surface area contributed by atoms with E-state index in [4.69, 9.17) is 9.97 Å². The molecule has 6 nitrogen and oxygen atoms in total. The van der Waals surface area contributed by atoms with Gasteiger partial charge in [0.1, 0.15) is 11.5 Å². The Morgan fingerprint density at radius 2 is 2.12 bits per heavy atom. The van der Waals surface area contributed by atoms with Gasteiger partial charge in [0.15, 0.2) is 5.82 Å². The Hall–Kier alpha value is -2.50. The third-order valence-corrected chi connectivity index (χ3v) is 5.11. The molecule has 0 bridgehead atoms. The fourth-order valence-electron chi connectivity index (χ4n) is 3.99. The molecule has 1 aliphatic heterocycles. The largest absolute Gasteiger partial charge is 0.481 e. The van der Waals surface area contributed by atoms with E-state index < -0.39 is 5.97 Å². The van der Waals surface area contributed by atoms with Crippen LogP contribution in [0.15, 0.2) is 24.4 Å². The van der Waals surface area contributed by atoms with Crippen LogP contribution in [0.3, 0.4) is 0 Å². The fraction of sp³-hybridized carbons (Fsp3) is 0.474. The summed E-state index contributed by atoms with van der Waals surface area (Å²) in [7, 11) is 0. The Kier molecular flexibility index (Phi) is 4.11. The van der Waals surface area contributed by atoms with Crippen LogP contribution in [-0.2, 0) is 17.6 Å². The molecule has 2 aromatic rings. The van der Waals surface area contributed by atoms with Crippen molar-refractivity contribution in [3.63, 3.8) is 0 Å². The molecule has 1 saturated heterocycles. The molecule has 1 aliphatic carbocycles. The first-order chi connectivity index (χ1) is 12.1. The molecular formula is C19H22N4O2. The van der Waals surface area contributed by atoms with Gasteiger partial charge in [0.05, 0.1) is 5.92 Å². The van der Waals surface area contributed by atoms with E-state index in [0.717, 1.165) is 49.4 Å². The number of aliphatic carboxylic acids is 1. The molecule has 1 N–H and O–H groups in total. The highest BCUT2D eigenvalue weighted by molar-refractivity contribution is 5.71. The summed E-state index contributed by atoms with van der Waals surface area (Å²) >= 11 is 0. The molecule has 0 radical (unpaired) electrons. The fourth-order valence-corrected chi connectivity index (χ4v) is 3.99. The number of carboxylic acid groups (broad SMARTS) is 1. The van der Waals surface area contributed by atoms with Gasteiger partial charge in [0.2, 0.25) is 0 Å². The molecular weight excluding hydrogens is 316 g/mol. The number of fused-ring (bicyclic) bond motifs is 1. The summed E-state index contributed by atoms with van der Waals surface area (Å²) in [5.41, 5.74) is 3.05. The second-order valence-electron chi connectivity index (χ2n) is 7.15. The number of rotatable bonds is 3. The molecule has 1 fully saturated rings. The highest BCUT2D eigenvalue weighted by Gasteiger charge is 2.33. The van der Waals surface area contributed by atoms with E-state index in [2.05, 4.69) is 16.8 Å². The zero-order valence-electron chi connectivity index (χ0n) is 14.4. The molecule has 2 atom stereocenters. The van der Waals surface area contributed by atoms with E-state index in [9.17, 15) is 9.90 Å². The van der Waals surface area contributed by atoms with E-state index in [1.165, 1.54) is 5.56 Å². The molecule has 25 heavy (non-hydrogen) atoms. The van der Waals surface area contributed by atoms with Crippen molar-refractivity contribution in [3.8, 4) is 11.5 Å². The predicted octanol–water partition coefficient (Wildman–Crippen LogP) is 2.57. The summed E-state index contributed by atoms with van der Waals surface area (Å²) in [5, 5.41) is 9.48. The van der Waals surface area contributed by atoms with Crippen LogP contribution in [0.25, 0.3) is 11.5 Å². The first-order valence-corrected chi connectivity index (χ1v) is 8.90. The molecule has 0 aromatic carbocycles. The minimum atomic E-state index is -0.716. The molecule has 4 rings (SSSR count). The molecule has 0 amide bonds. The van der Waals surface area contributed by atoms with Crippen LogP contribution in [0.2, 0.25) is 0 Å². The number of carbonyl (C=O) groups is 1. The molecule has 6 heteroatoms. The zero-order valence-corrected chi connectivity index (χ0v) is 14.4. The SMILES string of the molecule is CC1CC(C(=O)O)CN(c2nc(-c3ccccn3)nc3c2CCC3)C1. The van der Waals surface area contributed by atoms with Crippen molar-refractivity contribution in [2.75, 3.05) is 18.0 Å². The van der Waals surface area contributed by atoms with Crippen molar-refractivity contribution in [2.24, 2.45) is 11.8 Å². The van der Waals surface area contributed by atoms with E-state index in [1.54, 1.807) is 6.20 Å². The van der Waals surface area contributed by atoms with Crippen LogP contribution in [-0.4, -0.2) is 39.1 Å². The third-order valence-electron chi connectivity index (χ3n) is 5.11. The highest BCUT2D eigenvalue weighted by atomic mass is 16.4. The van der Waals surface area contributed by atoms with Gasteiger partial charge >= 0.3 is 5.97 Å². The summed E-state index contributed by atoms with van der Waals surface area (Å²) in [4.78, 5) is 27.6. The van der Waals surface area contributed by atoms with Crippen LogP contribution in [0, 0.1) is 11.8 Å². The van der Waals surface area contributed by atoms with Crippen LogP contribution in [0.5, 0.6) is 0 Å². The van der Waals surface area contributed by atoms with Gasteiger partial charge in [-0.15, -0.1) is 0 Å². The normalized spacial score (nSPS) is 22.7. The number of hydrogen-bond donors (Lipinski definition) is 1. The molecule has 3 heterocycles. The van der Waals surface area contributed by atoms with Gasteiger partial charge in [-0.25, -0.2) is 9.97 Å². The van der Waals surface area contributed by atoms with Gasteiger partial charge in [0.25, 0.3) is 0 Å². The van der Waals surface area contributed by atoms with Gasteiger partial charge < -0.3 is 10.0 Å². The Morgan fingerprint density at radius 1 is 1.24 bits per heavy atom. The lowest BCUT2D eigenvalue weighted by atomic mass is 9.90. The Bertz CT molecular complexity index is 794. The number of nitrogens with zero attached hydrogens (tertiary/aromatic N) is 4. The lowest BCUT2D eigenvalue weighted by Crippen LogP contribution is -2.43. The third kappa shape index (κ3) is 3.08. The van der Waals surface area contributed by atoms with E-state index in [1.807, 2.05) is 18.2 Å². The number of piperidine rings is 1. The first kappa shape index (κ1) is 16.0. The second-order valence-corrected chi connectivity index (χ2v) is 7.15. The molecule has 2 aromatic heterocycles. The topological polar surface area (TPSA) is 79.2 Å². The number of carboxylic acids is 1. The van der Waals surface area contributed by atoms with Gasteiger partial charge in [-0.3, -0.25) is 9.78 Å². The van der Waals surface area contributed by atoms with Crippen LogP contribution in [0.1, 0.15) is 31.0 Å². The average molecular weight is 338 g/mol. The van der Waals surface area contributed by atoms with Crippen molar-refractivity contribution < 1.29 is 9.90 Å². The minimum Gasteiger partial charge on any atom is -0.481 e. The predicted molar refractivity (Wildman–Crippen MR) is 94.4 cm³/mol. The maximum atomic E-state index is 11.5. The van der Waals surface area contributed by atoms with Crippen molar-refractivity contribution in [2.45, 2.75) is 32.6 Å². The summed E-state index contributed by atoms with van der Waals surface area (Å²) < 4.78 is 0. The Labute approximate surface area is 147 Å². The van der Waals surface area contributed by atoms with Gasteiger partial charge in [-0.1, -0.05) is 13.0 Å². The van der Waals surface area contributed by atoms with Crippen LogP contribution < -0.4 is 4.90 Å². The number of aryl methyl sites for hydroxylation is 1. The lowest BCUT2D eigenvalue weighted by molar-refractivity contribution is -0.142. The maximum absolute atomic E-state index is 11.5.